The molecular formula is C45H26B5N5. The van der Waals surface area contributed by atoms with Crippen LogP contribution in [0.4, 0.5) is 0 Å². The van der Waals surface area contributed by atoms with Crippen molar-refractivity contribution >= 4 is 77.4 Å². The van der Waals surface area contributed by atoms with E-state index >= 15 is 0 Å². The van der Waals surface area contributed by atoms with E-state index in [0.29, 0.717) is 41.7 Å². The molecule has 8 aromatic rings. The molecule has 6 aromatic carbocycles. The molecule has 0 unspecified atom stereocenters. The van der Waals surface area contributed by atoms with Crippen molar-refractivity contribution in [2.45, 2.75) is 23.7 Å². The van der Waals surface area contributed by atoms with Gasteiger partial charge in [0.15, 0.2) is 17.5 Å². The second kappa shape index (κ2) is 12.5. The molecule has 0 amide bonds. The highest BCUT2D eigenvalue weighted by Gasteiger charge is 2.59. The Balaban J connectivity index is 1.28. The van der Waals surface area contributed by atoms with Crippen LogP contribution in [0.25, 0.3) is 45.1 Å². The second-order valence-electron chi connectivity index (χ2n) is 14.3. The maximum absolute atomic E-state index is 6.63. The minimum absolute atomic E-state index is 0.140. The number of hydrogen-bond donors (Lipinski definition) is 0. The van der Waals surface area contributed by atoms with Gasteiger partial charge in [0.25, 0.3) is 0 Å². The molecule has 246 valence electrons. The maximum atomic E-state index is 6.63. The Bertz CT molecular complexity index is 2710. The van der Waals surface area contributed by atoms with Gasteiger partial charge in [-0.05, 0) is 41.2 Å². The monoisotopic (exact) mass is 691 g/mol. The molecule has 0 saturated carbocycles. The van der Waals surface area contributed by atoms with Gasteiger partial charge in [-0.2, -0.15) is 0 Å². The Kier molecular flexibility index (Phi) is 7.64. The Morgan fingerprint density at radius 3 is 1.36 bits per heavy atom. The molecule has 3 aliphatic carbocycles. The highest BCUT2D eigenvalue weighted by molar-refractivity contribution is 6.68. The third-order valence-corrected chi connectivity index (χ3v) is 11.6. The molecule has 10 heteroatoms. The Labute approximate surface area is 326 Å². The first kappa shape index (κ1) is 33.6. The van der Waals surface area contributed by atoms with Crippen LogP contribution in [0.2, 0.25) is 0 Å². The summed E-state index contributed by atoms with van der Waals surface area (Å²) < 4.78 is 0. The summed E-state index contributed by atoms with van der Waals surface area (Å²) in [7, 11) is 32.2. The molecule has 2 heterocycles. The van der Waals surface area contributed by atoms with Crippen LogP contribution in [-0.4, -0.2) is 64.2 Å². The molecule has 0 fully saturated rings. The normalized spacial score (nSPS) is 18.2. The lowest BCUT2D eigenvalue weighted by Crippen LogP contribution is -2.55. The third-order valence-electron chi connectivity index (χ3n) is 11.6. The van der Waals surface area contributed by atoms with Gasteiger partial charge in [0.05, 0.1) is 22.0 Å². The van der Waals surface area contributed by atoms with Gasteiger partial charge in [-0.15, -0.1) is 16.4 Å². The lowest BCUT2D eigenvalue weighted by molar-refractivity contribution is 0.348. The van der Waals surface area contributed by atoms with E-state index in [2.05, 4.69) is 54.6 Å². The number of para-hydroxylation sites is 1. The lowest BCUT2D eigenvalue weighted by Gasteiger charge is -2.54. The molecule has 0 atom stereocenters. The number of fused-ring (bicyclic) bond motifs is 2. The number of benzene rings is 6. The van der Waals surface area contributed by atoms with Gasteiger partial charge in [-0.25, -0.2) is 24.9 Å². The highest BCUT2D eigenvalue weighted by Crippen LogP contribution is 2.63. The van der Waals surface area contributed by atoms with Crippen LogP contribution in [0.1, 0.15) is 46.6 Å². The van der Waals surface area contributed by atoms with Crippen LogP contribution in [0, 0.1) is 0 Å². The molecule has 0 aliphatic heterocycles. The zero-order chi connectivity index (χ0) is 37.5. The molecule has 11 rings (SSSR count). The van der Waals surface area contributed by atoms with Crippen molar-refractivity contribution in [2.24, 2.45) is 0 Å². The zero-order valence-electron chi connectivity index (χ0n) is 29.7. The fourth-order valence-electron chi connectivity index (χ4n) is 8.99. The van der Waals surface area contributed by atoms with Gasteiger partial charge in [-0.3, -0.25) is 0 Å². The van der Waals surface area contributed by atoms with E-state index < -0.39 is 10.8 Å². The summed E-state index contributed by atoms with van der Waals surface area (Å²) in [5, 5.41) is 0.914. The smallest absolute Gasteiger partial charge is 0.163 e. The topological polar surface area (TPSA) is 64.5 Å². The predicted molar refractivity (Wildman–Crippen MR) is 224 cm³/mol. The lowest BCUT2D eigenvalue weighted by atomic mass is 9.47. The van der Waals surface area contributed by atoms with E-state index in [1.165, 1.54) is 0 Å². The Morgan fingerprint density at radius 1 is 0.382 bits per heavy atom. The van der Waals surface area contributed by atoms with Crippen LogP contribution in [-0.2, 0) is 10.8 Å². The number of hydrogen-bond acceptors (Lipinski definition) is 5. The zero-order valence-corrected chi connectivity index (χ0v) is 29.7. The Hall–Kier alpha value is -6.01. The van der Waals surface area contributed by atoms with E-state index in [9.17, 15) is 0 Å². The first-order valence-corrected chi connectivity index (χ1v) is 18.2. The summed E-state index contributed by atoms with van der Waals surface area (Å²) in [5.41, 5.74) is 7.68. The average molecular weight is 691 g/mol. The molecule has 0 N–H and O–H groups in total. The summed E-state index contributed by atoms with van der Waals surface area (Å²) in [6, 6.07) is 45.5. The predicted octanol–water partition coefficient (Wildman–Crippen LogP) is 3.56. The van der Waals surface area contributed by atoms with E-state index in [4.69, 9.17) is 64.2 Å². The highest BCUT2D eigenvalue weighted by atomic mass is 15.1. The number of nitrogens with zero attached hydrogens (tertiary/aromatic N) is 5. The molecule has 3 aliphatic rings. The molecule has 2 bridgehead atoms. The van der Waals surface area contributed by atoms with Gasteiger partial charge in [-0.1, -0.05) is 138 Å². The van der Waals surface area contributed by atoms with E-state index in [-0.39, 0.29) is 27.3 Å². The quantitative estimate of drug-likeness (QED) is 0.259. The van der Waals surface area contributed by atoms with Crippen molar-refractivity contribution < 1.29 is 0 Å². The standard InChI is InChI=1S/C45H26B5N5/c46-34-33(35(47)37(49)38(50)36(34)48)42-51-32-22-12-7-17-27(32)39(52-42)44-23-24-45(30-20-10-8-18-28(30)44,31-21-11-9-19-29(31)44)43-54-40(25-13-3-1-4-14-25)53-41(55-43)26-15-5-2-6-16-26/h1-22H,23-24H2. The van der Waals surface area contributed by atoms with Gasteiger partial charge in [0, 0.05) is 22.1 Å². The summed E-state index contributed by atoms with van der Waals surface area (Å²) in [4.78, 5) is 26.2. The molecule has 0 spiro atoms. The van der Waals surface area contributed by atoms with Crippen LogP contribution in [0.15, 0.2) is 133 Å². The maximum Gasteiger partial charge on any atom is 0.163 e. The molecule has 10 radical (unpaired) electrons. The van der Waals surface area contributed by atoms with Crippen LogP contribution >= 0.6 is 0 Å². The minimum atomic E-state index is -0.696. The molecule has 0 saturated heterocycles. The summed E-state index contributed by atoms with van der Waals surface area (Å²) >= 11 is 0. The Morgan fingerprint density at radius 2 is 0.818 bits per heavy atom. The fraction of sp³-hybridized carbons (Fsp3) is 0.0889. The fourth-order valence-corrected chi connectivity index (χ4v) is 8.99. The molecule has 5 nitrogen and oxygen atoms in total. The largest absolute Gasteiger partial charge is 0.231 e. The van der Waals surface area contributed by atoms with Gasteiger partial charge >= 0.3 is 0 Å². The van der Waals surface area contributed by atoms with Gasteiger partial charge < -0.3 is 0 Å². The molecular weight excluding hydrogens is 665 g/mol. The van der Waals surface area contributed by atoms with Crippen molar-refractivity contribution in [2.75, 3.05) is 0 Å². The number of aromatic nitrogens is 5. The second-order valence-corrected chi connectivity index (χ2v) is 14.3. The van der Waals surface area contributed by atoms with Crippen LogP contribution in [0.3, 0.4) is 0 Å². The van der Waals surface area contributed by atoms with E-state index in [1.54, 1.807) is 0 Å². The molecule has 55 heavy (non-hydrogen) atoms. The van der Waals surface area contributed by atoms with E-state index in [0.717, 1.165) is 50.0 Å². The summed E-state index contributed by atoms with van der Waals surface area (Å²) in [6.07, 6.45) is 1.40. The number of rotatable bonds is 5. The first-order chi connectivity index (χ1) is 26.8. The van der Waals surface area contributed by atoms with Crippen LogP contribution in [0.5, 0.6) is 0 Å². The van der Waals surface area contributed by atoms with Crippen molar-refractivity contribution in [3.8, 4) is 34.2 Å². The van der Waals surface area contributed by atoms with Crippen molar-refractivity contribution in [3.05, 3.63) is 167 Å². The first-order valence-electron chi connectivity index (χ1n) is 18.2. The minimum Gasteiger partial charge on any atom is -0.231 e. The average Bonchev–Trinajstić information content (AvgIpc) is 3.25. The summed E-state index contributed by atoms with van der Waals surface area (Å²) in [5.74, 6) is 2.28. The summed E-state index contributed by atoms with van der Waals surface area (Å²) in [6.45, 7) is 0. The van der Waals surface area contributed by atoms with Gasteiger partial charge in [0.2, 0.25) is 0 Å². The van der Waals surface area contributed by atoms with Crippen LogP contribution < -0.4 is 27.3 Å². The SMILES string of the molecule is [B]c1c([B])c([B])c(-c2nc(C34CCC(c5nc(-c6ccccc6)nc(-c6ccccc6)n5)(c5ccccc53)c3ccccc34)c3ccccc3n2)c([B])c1[B]. The van der Waals surface area contributed by atoms with Gasteiger partial charge in [0.1, 0.15) is 45.1 Å². The third kappa shape index (κ3) is 4.76. The van der Waals surface area contributed by atoms with Crippen molar-refractivity contribution in [1.29, 1.82) is 0 Å². The van der Waals surface area contributed by atoms with E-state index in [1.807, 2.05) is 78.9 Å². The molecule has 2 aromatic heterocycles. The van der Waals surface area contributed by atoms with Crippen molar-refractivity contribution in [1.82, 2.24) is 24.9 Å². The van der Waals surface area contributed by atoms with Crippen molar-refractivity contribution in [3.63, 3.8) is 0 Å².